The van der Waals surface area contributed by atoms with Gasteiger partial charge in [0.05, 0.1) is 6.10 Å². The van der Waals surface area contributed by atoms with E-state index in [1.807, 2.05) is 0 Å². The van der Waals surface area contributed by atoms with E-state index in [2.05, 4.69) is 19.3 Å². The van der Waals surface area contributed by atoms with Crippen LogP contribution in [0, 0.1) is 11.8 Å². The van der Waals surface area contributed by atoms with E-state index in [4.69, 9.17) is 4.74 Å². The van der Waals surface area contributed by atoms with E-state index >= 15 is 0 Å². The molecule has 1 heterocycles. The van der Waals surface area contributed by atoms with Gasteiger partial charge in [-0.05, 0) is 63.8 Å². The van der Waals surface area contributed by atoms with Crippen LogP contribution in [0.1, 0.15) is 71.1 Å². The summed E-state index contributed by atoms with van der Waals surface area (Å²) in [6.45, 7) is 3.34. The minimum absolute atomic E-state index is 0.552. The quantitative estimate of drug-likeness (QED) is 0.781. The predicted molar refractivity (Wildman–Crippen MR) is 81.4 cm³/mol. The van der Waals surface area contributed by atoms with Crippen LogP contribution >= 0.6 is 0 Å². The van der Waals surface area contributed by atoms with Gasteiger partial charge in [-0.1, -0.05) is 26.2 Å². The standard InChI is InChI=1S/C17H33NO/c1-3-14-7-9-15(10-8-14)17(18-2)12-11-16-6-4-5-13-19-16/h14-18H,3-13H2,1-2H3. The van der Waals surface area contributed by atoms with Crippen molar-refractivity contribution in [3.8, 4) is 0 Å². The third kappa shape index (κ3) is 4.75. The van der Waals surface area contributed by atoms with E-state index in [0.717, 1.165) is 24.5 Å². The van der Waals surface area contributed by atoms with Crippen molar-refractivity contribution in [2.75, 3.05) is 13.7 Å². The van der Waals surface area contributed by atoms with Gasteiger partial charge in [0.2, 0.25) is 0 Å². The smallest absolute Gasteiger partial charge is 0.0575 e. The molecule has 1 N–H and O–H groups in total. The van der Waals surface area contributed by atoms with Gasteiger partial charge in [-0.2, -0.15) is 0 Å². The van der Waals surface area contributed by atoms with Gasteiger partial charge in [0.25, 0.3) is 0 Å². The summed E-state index contributed by atoms with van der Waals surface area (Å²) in [4.78, 5) is 0. The lowest BCUT2D eigenvalue weighted by Gasteiger charge is -2.34. The van der Waals surface area contributed by atoms with E-state index in [1.54, 1.807) is 0 Å². The molecule has 1 aliphatic carbocycles. The molecular formula is C17H33NO. The molecule has 1 aliphatic heterocycles. The molecule has 2 heteroatoms. The summed E-state index contributed by atoms with van der Waals surface area (Å²) < 4.78 is 5.87. The normalized spacial score (nSPS) is 34.1. The predicted octanol–water partition coefficient (Wildman–Crippen LogP) is 4.14. The molecule has 0 amide bonds. The zero-order valence-corrected chi connectivity index (χ0v) is 13.0. The summed E-state index contributed by atoms with van der Waals surface area (Å²) in [7, 11) is 2.15. The van der Waals surface area contributed by atoms with Crippen LogP contribution in [-0.4, -0.2) is 25.8 Å². The number of ether oxygens (including phenoxy) is 1. The van der Waals surface area contributed by atoms with Crippen molar-refractivity contribution in [1.82, 2.24) is 5.32 Å². The van der Waals surface area contributed by atoms with Crippen molar-refractivity contribution in [3.05, 3.63) is 0 Å². The maximum absolute atomic E-state index is 5.87. The highest BCUT2D eigenvalue weighted by Gasteiger charge is 2.26. The van der Waals surface area contributed by atoms with Crippen LogP contribution in [0.5, 0.6) is 0 Å². The minimum Gasteiger partial charge on any atom is -0.378 e. The zero-order chi connectivity index (χ0) is 13.5. The molecule has 0 aromatic heterocycles. The first kappa shape index (κ1) is 15.3. The van der Waals surface area contributed by atoms with Crippen LogP contribution in [0.4, 0.5) is 0 Å². The van der Waals surface area contributed by atoms with Crippen molar-refractivity contribution in [3.63, 3.8) is 0 Å². The van der Waals surface area contributed by atoms with E-state index in [1.165, 1.54) is 64.2 Å². The summed E-state index contributed by atoms with van der Waals surface area (Å²) in [6, 6.07) is 0.725. The number of nitrogens with one attached hydrogen (secondary N) is 1. The van der Waals surface area contributed by atoms with E-state index in [-0.39, 0.29) is 0 Å². The third-order valence-electron chi connectivity index (χ3n) is 5.48. The molecule has 112 valence electrons. The molecule has 2 atom stereocenters. The molecule has 1 saturated heterocycles. The Morgan fingerprint density at radius 2 is 1.89 bits per heavy atom. The van der Waals surface area contributed by atoms with Crippen LogP contribution < -0.4 is 5.32 Å². The molecule has 19 heavy (non-hydrogen) atoms. The average Bonchev–Trinajstić information content (AvgIpc) is 2.49. The molecule has 0 radical (unpaired) electrons. The van der Waals surface area contributed by atoms with Crippen LogP contribution in [0.15, 0.2) is 0 Å². The molecule has 0 aromatic rings. The molecule has 2 unspecified atom stereocenters. The van der Waals surface area contributed by atoms with Crippen LogP contribution in [0.2, 0.25) is 0 Å². The van der Waals surface area contributed by atoms with E-state index in [0.29, 0.717) is 6.10 Å². The van der Waals surface area contributed by atoms with Crippen molar-refractivity contribution in [1.29, 1.82) is 0 Å². The fraction of sp³-hybridized carbons (Fsp3) is 1.00. The maximum Gasteiger partial charge on any atom is 0.0575 e. The summed E-state index contributed by atoms with van der Waals surface area (Å²) in [5.41, 5.74) is 0. The summed E-state index contributed by atoms with van der Waals surface area (Å²) in [6.07, 6.45) is 14.2. The second-order valence-electron chi connectivity index (χ2n) is 6.65. The Hall–Kier alpha value is -0.0800. The van der Waals surface area contributed by atoms with Gasteiger partial charge in [-0.25, -0.2) is 0 Å². The van der Waals surface area contributed by atoms with Crippen molar-refractivity contribution in [2.45, 2.75) is 83.3 Å². The second-order valence-corrected chi connectivity index (χ2v) is 6.65. The van der Waals surface area contributed by atoms with Gasteiger partial charge in [0, 0.05) is 12.6 Å². The molecular weight excluding hydrogens is 234 g/mol. The van der Waals surface area contributed by atoms with Gasteiger partial charge in [0.1, 0.15) is 0 Å². The number of hydrogen-bond acceptors (Lipinski definition) is 2. The largest absolute Gasteiger partial charge is 0.378 e. The minimum atomic E-state index is 0.552. The zero-order valence-electron chi connectivity index (χ0n) is 13.0. The Balaban J connectivity index is 1.70. The monoisotopic (exact) mass is 267 g/mol. The lowest BCUT2D eigenvalue weighted by Crippen LogP contribution is -2.37. The van der Waals surface area contributed by atoms with Crippen LogP contribution in [0.25, 0.3) is 0 Å². The Morgan fingerprint density at radius 1 is 1.11 bits per heavy atom. The molecule has 2 fully saturated rings. The molecule has 1 saturated carbocycles. The first-order chi connectivity index (χ1) is 9.33. The molecule has 2 nitrogen and oxygen atoms in total. The lowest BCUT2D eigenvalue weighted by molar-refractivity contribution is 0.00701. The highest BCUT2D eigenvalue weighted by Crippen LogP contribution is 2.34. The van der Waals surface area contributed by atoms with E-state index in [9.17, 15) is 0 Å². The third-order valence-corrected chi connectivity index (χ3v) is 5.48. The SMILES string of the molecule is CCC1CCC(C(CCC2CCCCO2)NC)CC1. The van der Waals surface area contributed by atoms with Gasteiger partial charge in [-0.15, -0.1) is 0 Å². The maximum atomic E-state index is 5.87. The first-order valence-corrected chi connectivity index (χ1v) is 8.62. The Morgan fingerprint density at radius 3 is 2.47 bits per heavy atom. The van der Waals surface area contributed by atoms with Gasteiger partial charge < -0.3 is 10.1 Å². The highest BCUT2D eigenvalue weighted by atomic mass is 16.5. The average molecular weight is 267 g/mol. The van der Waals surface area contributed by atoms with Crippen molar-refractivity contribution >= 4 is 0 Å². The molecule has 0 spiro atoms. The molecule has 0 bridgehead atoms. The summed E-state index contributed by atoms with van der Waals surface area (Å²) in [5.74, 6) is 1.92. The Kier molecular flexibility index (Phi) is 6.66. The lowest BCUT2D eigenvalue weighted by atomic mass is 9.76. The highest BCUT2D eigenvalue weighted by molar-refractivity contribution is 4.82. The molecule has 2 aliphatic rings. The molecule has 2 rings (SSSR count). The topological polar surface area (TPSA) is 21.3 Å². The fourth-order valence-corrected chi connectivity index (χ4v) is 4.02. The van der Waals surface area contributed by atoms with Gasteiger partial charge in [0.15, 0.2) is 0 Å². The first-order valence-electron chi connectivity index (χ1n) is 8.62. The Labute approximate surface area is 119 Å². The molecule has 0 aromatic carbocycles. The van der Waals surface area contributed by atoms with Gasteiger partial charge in [-0.3, -0.25) is 0 Å². The van der Waals surface area contributed by atoms with Crippen molar-refractivity contribution < 1.29 is 4.74 Å². The fourth-order valence-electron chi connectivity index (χ4n) is 4.02. The van der Waals surface area contributed by atoms with Crippen molar-refractivity contribution in [2.24, 2.45) is 11.8 Å². The Bertz CT molecular complexity index is 229. The summed E-state index contributed by atoms with van der Waals surface area (Å²) in [5, 5.41) is 3.59. The van der Waals surface area contributed by atoms with Crippen LogP contribution in [0.3, 0.4) is 0 Å². The number of hydrogen-bond donors (Lipinski definition) is 1. The second kappa shape index (κ2) is 8.26. The van der Waals surface area contributed by atoms with Gasteiger partial charge >= 0.3 is 0 Å². The summed E-state index contributed by atoms with van der Waals surface area (Å²) >= 11 is 0. The van der Waals surface area contributed by atoms with E-state index < -0.39 is 0 Å². The van der Waals surface area contributed by atoms with Crippen LogP contribution in [-0.2, 0) is 4.74 Å². The number of rotatable bonds is 6.